The molecule has 418 valence electrons. The van der Waals surface area contributed by atoms with Crippen molar-refractivity contribution in [3.63, 3.8) is 0 Å². The molecule has 0 aliphatic heterocycles. The van der Waals surface area contributed by atoms with Crippen LogP contribution in [0.5, 0.6) is 0 Å². The van der Waals surface area contributed by atoms with Gasteiger partial charge in [0.05, 0.1) is 0 Å². The molecule has 0 amide bonds. The van der Waals surface area contributed by atoms with Crippen molar-refractivity contribution in [1.82, 2.24) is 0 Å². The third-order valence-electron chi connectivity index (χ3n) is 30.5. The summed E-state index contributed by atoms with van der Waals surface area (Å²) in [4.78, 5) is 0. The summed E-state index contributed by atoms with van der Waals surface area (Å²) in [5.74, 6) is 28.9. The van der Waals surface area contributed by atoms with Gasteiger partial charge >= 0.3 is 0 Å². The highest BCUT2D eigenvalue weighted by Gasteiger charge is 2.60. The first-order valence-electron chi connectivity index (χ1n) is 36.7. The number of hydrogen-bond donors (Lipinski definition) is 0. The normalized spacial score (nSPS) is 50.6. The molecule has 0 aromatic rings. The average Bonchev–Trinajstić information content (AvgIpc) is 4.21. The van der Waals surface area contributed by atoms with Crippen molar-refractivity contribution in [2.75, 3.05) is 0 Å². The first-order valence-corrected chi connectivity index (χ1v) is 36.7. The van der Waals surface area contributed by atoms with Gasteiger partial charge in [0.1, 0.15) is 0 Å². The highest BCUT2D eigenvalue weighted by molar-refractivity contribution is 5.09. The average molecular weight is 1010 g/mol. The predicted octanol–water partition coefficient (Wildman–Crippen LogP) is 21.9. The summed E-state index contributed by atoms with van der Waals surface area (Å²) in [6, 6.07) is 0. The van der Waals surface area contributed by atoms with Crippen molar-refractivity contribution >= 4 is 0 Å². The lowest BCUT2D eigenvalue weighted by molar-refractivity contribution is -0.140. The highest BCUT2D eigenvalue weighted by atomic mass is 14.7. The molecule has 0 heterocycles. The van der Waals surface area contributed by atoms with Crippen molar-refractivity contribution in [1.29, 1.82) is 0 Å². The lowest BCUT2D eigenvalue weighted by atomic mass is 9.42. The topological polar surface area (TPSA) is 0 Å². The highest BCUT2D eigenvalue weighted by Crippen LogP contribution is 2.68. The summed E-state index contributed by atoms with van der Waals surface area (Å²) in [7, 11) is 0. The fourth-order valence-electron chi connectivity index (χ4n) is 27.7. The second kappa shape index (κ2) is 23.8. The van der Waals surface area contributed by atoms with Gasteiger partial charge in [-0.3, -0.25) is 0 Å². The summed E-state index contributed by atoms with van der Waals surface area (Å²) in [5, 5.41) is 0. The zero-order valence-corrected chi connectivity index (χ0v) is 49.0. The van der Waals surface area contributed by atoms with Crippen LogP contribution in [-0.2, 0) is 0 Å². The van der Waals surface area contributed by atoms with Crippen molar-refractivity contribution in [3.8, 4) is 0 Å². The first-order chi connectivity index (χ1) is 36.7. The monoisotopic (exact) mass is 1010 g/mol. The van der Waals surface area contributed by atoms with Gasteiger partial charge < -0.3 is 0 Å². The van der Waals surface area contributed by atoms with E-state index in [-0.39, 0.29) is 0 Å². The van der Waals surface area contributed by atoms with Crippen molar-refractivity contribution in [2.24, 2.45) is 154 Å². The van der Waals surface area contributed by atoms with Gasteiger partial charge in [0, 0.05) is 0 Å². The maximum absolute atomic E-state index is 1.73. The predicted molar refractivity (Wildman–Crippen MR) is 312 cm³/mol. The first kappa shape index (κ1) is 52.1. The standard InChI is InChI=1S/C74H122/c1-4-16-49(17-5-1)53-28-34-57(35-29-53)72-64-25-13-15-27-66(64)74(62-41-40-59(46-62)52-20-8-3-9-21-52)70-48-61(43-45-68(70)72)60-42-44-67-69(47-60)73(58-38-32-54(33-39-58)50-18-6-2-7-19-50)65-26-14-12-24-63(65)71(67)56-36-30-55(31-37-56)51-22-10-11-23-51/h49-74H,1-48H2. The molecule has 14 rings (SSSR count). The van der Waals surface area contributed by atoms with Crippen molar-refractivity contribution in [2.45, 2.75) is 308 Å². The van der Waals surface area contributed by atoms with E-state index in [9.17, 15) is 0 Å². The molecule has 74 heavy (non-hydrogen) atoms. The molecule has 14 fully saturated rings. The van der Waals surface area contributed by atoms with Crippen molar-refractivity contribution in [3.05, 3.63) is 0 Å². The lowest BCUT2D eigenvalue weighted by Gasteiger charge is -2.63. The van der Waals surface area contributed by atoms with Crippen LogP contribution in [-0.4, -0.2) is 0 Å². The smallest absolute Gasteiger partial charge is 0.0323 e. The summed E-state index contributed by atoms with van der Waals surface area (Å²) in [6.45, 7) is 0. The summed E-state index contributed by atoms with van der Waals surface area (Å²) >= 11 is 0. The van der Waals surface area contributed by atoms with Crippen LogP contribution in [0, 0.1) is 154 Å². The number of rotatable bonds is 9. The Hall–Kier alpha value is 0. The van der Waals surface area contributed by atoms with Crippen LogP contribution < -0.4 is 0 Å². The number of hydrogen-bond acceptors (Lipinski definition) is 0. The van der Waals surface area contributed by atoms with Crippen LogP contribution >= 0.6 is 0 Å². The summed E-state index contributed by atoms with van der Waals surface area (Å²) in [5.41, 5.74) is 0. The fraction of sp³-hybridized carbons (Fsp3) is 1.00. The van der Waals surface area contributed by atoms with Crippen LogP contribution in [0.2, 0.25) is 0 Å². The molecule has 14 aliphatic carbocycles. The van der Waals surface area contributed by atoms with E-state index in [4.69, 9.17) is 0 Å². The Bertz CT molecular complexity index is 1710. The molecular formula is C74H122. The molecular weight excluding hydrogens is 889 g/mol. The Balaban J connectivity index is 0.741. The van der Waals surface area contributed by atoms with Gasteiger partial charge in [0.15, 0.2) is 0 Å². The van der Waals surface area contributed by atoms with Gasteiger partial charge in [0.2, 0.25) is 0 Å². The fourth-order valence-corrected chi connectivity index (χ4v) is 27.7. The zero-order chi connectivity index (χ0) is 49.0. The Morgan fingerprint density at radius 2 is 0.311 bits per heavy atom. The maximum atomic E-state index is 1.73. The Kier molecular flexibility index (Phi) is 16.8. The van der Waals surface area contributed by atoms with E-state index in [2.05, 4.69) is 0 Å². The van der Waals surface area contributed by atoms with Gasteiger partial charge in [-0.25, -0.2) is 0 Å². The summed E-state index contributed by atoms with van der Waals surface area (Å²) in [6.07, 6.45) is 77.8. The van der Waals surface area contributed by atoms with Crippen molar-refractivity contribution < 1.29 is 0 Å². The molecule has 16 atom stereocenters. The molecule has 0 spiro atoms. The van der Waals surface area contributed by atoms with E-state index < -0.39 is 0 Å². The van der Waals surface area contributed by atoms with Crippen LogP contribution in [0.1, 0.15) is 308 Å². The Labute approximate surface area is 459 Å². The van der Waals surface area contributed by atoms with Gasteiger partial charge in [-0.2, -0.15) is 0 Å². The van der Waals surface area contributed by atoms with E-state index in [1.54, 1.807) is 295 Å². The molecule has 0 heteroatoms. The Morgan fingerprint density at radius 1 is 0.108 bits per heavy atom. The van der Waals surface area contributed by atoms with Crippen LogP contribution in [0.3, 0.4) is 0 Å². The Morgan fingerprint density at radius 3 is 0.676 bits per heavy atom. The molecule has 0 radical (unpaired) electrons. The second-order valence-electron chi connectivity index (χ2n) is 32.9. The maximum Gasteiger partial charge on any atom is -0.0323 e. The lowest BCUT2D eigenvalue weighted by Crippen LogP contribution is -2.56. The number of fused-ring (bicyclic) bond motifs is 4. The minimum Gasteiger partial charge on any atom is -0.0533 e. The van der Waals surface area contributed by atoms with Crippen LogP contribution in [0.15, 0.2) is 0 Å². The van der Waals surface area contributed by atoms with E-state index in [0.29, 0.717) is 0 Å². The molecule has 14 saturated carbocycles. The van der Waals surface area contributed by atoms with Crippen LogP contribution in [0.25, 0.3) is 0 Å². The van der Waals surface area contributed by atoms with Crippen LogP contribution in [0.4, 0.5) is 0 Å². The minimum atomic E-state index is 1.09. The van der Waals surface area contributed by atoms with E-state index >= 15 is 0 Å². The third-order valence-corrected chi connectivity index (χ3v) is 30.5. The van der Waals surface area contributed by atoms with E-state index in [1.807, 2.05) is 0 Å². The summed E-state index contributed by atoms with van der Waals surface area (Å²) < 4.78 is 0. The molecule has 0 bridgehead atoms. The molecule has 0 aromatic carbocycles. The van der Waals surface area contributed by atoms with Gasteiger partial charge in [-0.1, -0.05) is 148 Å². The van der Waals surface area contributed by atoms with Gasteiger partial charge in [-0.15, -0.1) is 0 Å². The molecule has 14 aliphatic rings. The quantitative estimate of drug-likeness (QED) is 0.216. The van der Waals surface area contributed by atoms with Gasteiger partial charge in [-0.05, 0) is 314 Å². The SMILES string of the molecule is C1CCC(C2CCC(C3C4CCCCC4C(C4CCC(C5CCCCC5)C4)C4CC(C5CCC6C(C5)C(C5CCC(C7CCCCC7)CC5)C5CCCCC5C6C5CCC(C6CCCC6)CC5)CCC43)CC2)CC1. The zero-order valence-electron chi connectivity index (χ0n) is 49.0. The largest absolute Gasteiger partial charge is 0.0533 e. The second-order valence-corrected chi connectivity index (χ2v) is 32.9. The van der Waals surface area contributed by atoms with E-state index in [0.717, 1.165) is 154 Å². The molecule has 0 N–H and O–H groups in total. The third kappa shape index (κ3) is 10.5. The molecule has 0 saturated heterocycles. The molecule has 0 nitrogen and oxygen atoms in total. The minimum absolute atomic E-state index is 1.09. The van der Waals surface area contributed by atoms with E-state index in [1.165, 1.54) is 12.8 Å². The van der Waals surface area contributed by atoms with Gasteiger partial charge in [0.25, 0.3) is 0 Å². The molecule has 0 aromatic heterocycles. The molecule has 16 unspecified atom stereocenters.